The fourth-order valence-corrected chi connectivity index (χ4v) is 5.00. The first kappa shape index (κ1) is 34.4. The van der Waals surface area contributed by atoms with Gasteiger partial charge in [-0.1, -0.05) is 18.2 Å². The summed E-state index contributed by atoms with van der Waals surface area (Å²) >= 11 is 0. The van der Waals surface area contributed by atoms with E-state index in [4.69, 9.17) is 30.8 Å². The lowest BCUT2D eigenvalue weighted by atomic mass is 10.0. The van der Waals surface area contributed by atoms with Crippen LogP contribution in [0.3, 0.4) is 0 Å². The summed E-state index contributed by atoms with van der Waals surface area (Å²) in [5.41, 5.74) is 6.91. The summed E-state index contributed by atoms with van der Waals surface area (Å²) in [7, 11) is 0. The van der Waals surface area contributed by atoms with E-state index in [9.17, 15) is 33.9 Å². The molecule has 0 bridgehead atoms. The van der Waals surface area contributed by atoms with E-state index >= 15 is 0 Å². The summed E-state index contributed by atoms with van der Waals surface area (Å²) in [5.74, 6) is -7.04. The van der Waals surface area contributed by atoms with Crippen molar-refractivity contribution in [2.45, 2.75) is 19.4 Å². The van der Waals surface area contributed by atoms with Crippen LogP contribution in [-0.4, -0.2) is 93.0 Å². The lowest BCUT2D eigenvalue weighted by Crippen LogP contribution is -2.39. The second kappa shape index (κ2) is 15.2. The SMILES string of the molecule is N=C(N)Nc1ccc2c(c1)CCCOc1c(cccc1C(=O)N(CC(=O)O)Cc1cccc(C(=O)N(CC(=O)O)CC(=O)O)c1)OC2=O. The van der Waals surface area contributed by atoms with Crippen LogP contribution in [0.5, 0.6) is 11.5 Å². The van der Waals surface area contributed by atoms with Crippen molar-refractivity contribution >= 4 is 47.3 Å². The van der Waals surface area contributed by atoms with E-state index in [1.807, 2.05) is 0 Å². The van der Waals surface area contributed by atoms with Gasteiger partial charge in [-0.05, 0) is 66.4 Å². The number of rotatable bonds is 11. The van der Waals surface area contributed by atoms with Gasteiger partial charge in [0.25, 0.3) is 11.8 Å². The van der Waals surface area contributed by atoms with Gasteiger partial charge in [-0.15, -0.1) is 0 Å². The number of carboxylic acid groups (broad SMARTS) is 3. The van der Waals surface area contributed by atoms with Crippen molar-refractivity contribution in [3.8, 4) is 11.5 Å². The van der Waals surface area contributed by atoms with E-state index in [-0.39, 0.29) is 52.9 Å². The van der Waals surface area contributed by atoms with E-state index in [0.717, 1.165) is 4.90 Å². The Balaban J connectivity index is 1.63. The van der Waals surface area contributed by atoms with Gasteiger partial charge >= 0.3 is 23.9 Å². The zero-order valence-electron chi connectivity index (χ0n) is 25.3. The molecule has 0 aromatic heterocycles. The van der Waals surface area contributed by atoms with E-state index < -0.39 is 55.3 Å². The number of para-hydroxylation sites is 1. The molecule has 16 nitrogen and oxygen atoms in total. The quantitative estimate of drug-likeness (QED) is 0.0744. The lowest BCUT2D eigenvalue weighted by molar-refractivity contribution is -0.141. The van der Waals surface area contributed by atoms with Gasteiger partial charge in [-0.3, -0.25) is 29.4 Å². The molecule has 16 heteroatoms. The third kappa shape index (κ3) is 8.84. The minimum atomic E-state index is -1.42. The first-order valence-corrected chi connectivity index (χ1v) is 14.4. The number of carboxylic acids is 3. The second-order valence-corrected chi connectivity index (χ2v) is 10.6. The molecule has 0 fully saturated rings. The van der Waals surface area contributed by atoms with Gasteiger partial charge in [0.2, 0.25) is 0 Å². The van der Waals surface area contributed by atoms with Gasteiger partial charge in [-0.25, -0.2) is 4.79 Å². The number of anilines is 1. The predicted molar refractivity (Wildman–Crippen MR) is 167 cm³/mol. The van der Waals surface area contributed by atoms with Crippen LogP contribution in [0.2, 0.25) is 0 Å². The van der Waals surface area contributed by atoms with Crippen molar-refractivity contribution in [2.75, 3.05) is 31.6 Å². The lowest BCUT2D eigenvalue weighted by Gasteiger charge is -2.24. The number of nitrogens with one attached hydrogen (secondary N) is 2. The maximum atomic E-state index is 13.9. The molecule has 1 aliphatic rings. The molecule has 3 aromatic rings. The third-order valence-corrected chi connectivity index (χ3v) is 6.95. The number of carbonyl (C=O) groups is 6. The van der Waals surface area contributed by atoms with Gasteiger partial charge < -0.3 is 45.6 Å². The number of carbonyl (C=O) groups excluding carboxylic acids is 3. The van der Waals surface area contributed by atoms with Crippen molar-refractivity contribution in [1.29, 1.82) is 5.41 Å². The van der Waals surface area contributed by atoms with Crippen LogP contribution in [-0.2, 0) is 27.3 Å². The minimum absolute atomic E-state index is 0.0745. The van der Waals surface area contributed by atoms with Gasteiger partial charge in [0.15, 0.2) is 17.5 Å². The highest BCUT2D eigenvalue weighted by atomic mass is 16.6. The Morgan fingerprint density at radius 3 is 2.19 bits per heavy atom. The second-order valence-electron chi connectivity index (χ2n) is 10.6. The molecule has 1 aliphatic heterocycles. The first-order valence-electron chi connectivity index (χ1n) is 14.4. The number of guanidine groups is 1. The average Bonchev–Trinajstić information content (AvgIpc) is 3.01. The molecule has 3 aromatic carbocycles. The van der Waals surface area contributed by atoms with E-state index in [1.54, 1.807) is 12.1 Å². The number of nitrogens with two attached hydrogens (primary N) is 1. The Morgan fingerprint density at radius 1 is 0.854 bits per heavy atom. The Bertz CT molecular complexity index is 1780. The van der Waals surface area contributed by atoms with Gasteiger partial charge in [0.1, 0.15) is 19.6 Å². The molecule has 0 spiro atoms. The molecule has 0 saturated heterocycles. The third-order valence-electron chi connectivity index (χ3n) is 6.95. The Kier molecular flexibility index (Phi) is 10.9. The Labute approximate surface area is 272 Å². The minimum Gasteiger partial charge on any atom is -0.489 e. The Hall–Kier alpha value is -6.45. The molecule has 7 N–H and O–H groups in total. The summed E-state index contributed by atoms with van der Waals surface area (Å²) in [4.78, 5) is 75.9. The van der Waals surface area contributed by atoms with Gasteiger partial charge in [0.05, 0.1) is 17.7 Å². The van der Waals surface area contributed by atoms with Crippen LogP contribution < -0.4 is 20.5 Å². The zero-order valence-corrected chi connectivity index (χ0v) is 25.3. The molecular weight excluding hydrogens is 630 g/mol. The predicted octanol–water partition coefficient (Wildman–Crippen LogP) is 1.87. The van der Waals surface area contributed by atoms with Crippen LogP contribution in [0.1, 0.15) is 48.6 Å². The van der Waals surface area contributed by atoms with Crippen LogP contribution in [0.4, 0.5) is 5.69 Å². The summed E-state index contributed by atoms with van der Waals surface area (Å²) in [5, 5.41) is 38.0. The maximum absolute atomic E-state index is 13.9. The molecular formula is C32H31N5O11. The van der Waals surface area contributed by atoms with Crippen molar-refractivity contribution in [3.05, 3.63) is 88.5 Å². The maximum Gasteiger partial charge on any atom is 0.343 e. The fourth-order valence-electron chi connectivity index (χ4n) is 5.00. The molecule has 2 amide bonds. The number of hydrogen-bond acceptors (Lipinski definition) is 9. The number of hydrogen-bond donors (Lipinski definition) is 6. The van der Waals surface area contributed by atoms with Crippen molar-refractivity contribution in [1.82, 2.24) is 9.80 Å². The number of ether oxygens (including phenoxy) is 2. The van der Waals surface area contributed by atoms with Gasteiger partial charge in [0, 0.05) is 17.8 Å². The molecule has 0 atom stereocenters. The van der Waals surface area contributed by atoms with Crippen molar-refractivity contribution in [3.63, 3.8) is 0 Å². The van der Waals surface area contributed by atoms with Crippen LogP contribution in [0.25, 0.3) is 0 Å². The molecule has 0 unspecified atom stereocenters. The number of amides is 2. The molecule has 250 valence electrons. The van der Waals surface area contributed by atoms with Gasteiger partial charge in [-0.2, -0.15) is 0 Å². The number of nitrogens with zero attached hydrogens (tertiary/aromatic N) is 2. The largest absolute Gasteiger partial charge is 0.489 e. The fraction of sp³-hybridized carbons (Fsp3) is 0.219. The number of esters is 1. The molecule has 4 rings (SSSR count). The Morgan fingerprint density at radius 2 is 1.52 bits per heavy atom. The van der Waals surface area contributed by atoms with E-state index in [0.29, 0.717) is 29.0 Å². The molecule has 48 heavy (non-hydrogen) atoms. The molecule has 0 radical (unpaired) electrons. The number of fused-ring (bicyclic) bond motifs is 2. The van der Waals surface area contributed by atoms with Crippen LogP contribution in [0.15, 0.2) is 60.7 Å². The molecule has 0 aliphatic carbocycles. The van der Waals surface area contributed by atoms with E-state index in [1.165, 1.54) is 48.5 Å². The number of aliphatic carboxylic acids is 3. The van der Waals surface area contributed by atoms with Crippen molar-refractivity contribution < 1.29 is 53.6 Å². The topological polar surface area (TPSA) is 250 Å². The number of benzene rings is 3. The smallest absolute Gasteiger partial charge is 0.343 e. The summed E-state index contributed by atoms with van der Waals surface area (Å²) in [6.07, 6.45) is 0.784. The van der Waals surface area contributed by atoms with E-state index in [2.05, 4.69) is 5.32 Å². The highest BCUT2D eigenvalue weighted by molar-refractivity contribution is 6.01. The monoisotopic (exact) mass is 661 g/mol. The summed E-state index contributed by atoms with van der Waals surface area (Å²) in [6.45, 7) is -2.74. The highest BCUT2D eigenvalue weighted by Crippen LogP contribution is 2.35. The van der Waals surface area contributed by atoms with Crippen LogP contribution >= 0.6 is 0 Å². The zero-order chi connectivity index (χ0) is 35.0. The molecule has 0 saturated carbocycles. The summed E-state index contributed by atoms with van der Waals surface area (Å²) < 4.78 is 11.6. The van der Waals surface area contributed by atoms with Crippen LogP contribution in [0, 0.1) is 5.41 Å². The number of aryl methyl sites for hydroxylation is 1. The normalized spacial score (nSPS) is 12.2. The average molecular weight is 662 g/mol. The first-order chi connectivity index (χ1) is 22.8. The standard InChI is InChI=1S/C32H31N5O11/c33-32(34)35-21-9-10-22-19(13-21)6-3-11-47-28-23(7-2-8-24(28)48-31(22)46)30(45)36(15-25(38)39)14-18-4-1-5-20(12-18)29(44)37(16-26(40)41)17-27(42)43/h1-2,4-5,7-10,12-13H,3,6,11,14-17H2,(H,38,39)(H,40,41)(H,42,43)(H4,33,34,35). The molecule has 1 heterocycles. The highest BCUT2D eigenvalue weighted by Gasteiger charge is 2.28. The van der Waals surface area contributed by atoms with Crippen molar-refractivity contribution in [2.24, 2.45) is 5.73 Å². The summed E-state index contributed by atoms with van der Waals surface area (Å²) in [6, 6.07) is 14.6.